The van der Waals surface area contributed by atoms with E-state index in [2.05, 4.69) is 10.3 Å². The van der Waals surface area contributed by atoms with E-state index >= 15 is 0 Å². The van der Waals surface area contributed by atoms with Crippen molar-refractivity contribution in [3.63, 3.8) is 0 Å². The monoisotopic (exact) mass is 332 g/mol. The van der Waals surface area contributed by atoms with Crippen LogP contribution in [0.3, 0.4) is 0 Å². The van der Waals surface area contributed by atoms with Crippen molar-refractivity contribution in [2.24, 2.45) is 0 Å². The van der Waals surface area contributed by atoms with E-state index < -0.39 is 5.97 Å². The van der Waals surface area contributed by atoms with Crippen molar-refractivity contribution < 1.29 is 14.3 Å². The highest BCUT2D eigenvalue weighted by Gasteiger charge is 2.18. The second kappa shape index (κ2) is 7.87. The fourth-order valence-corrected chi connectivity index (χ4v) is 3.07. The van der Waals surface area contributed by atoms with Crippen LogP contribution < -0.4 is 5.32 Å². The summed E-state index contributed by atoms with van der Waals surface area (Å²) in [6, 6.07) is 7.07. The summed E-state index contributed by atoms with van der Waals surface area (Å²) >= 11 is 1.61. The minimum Gasteiger partial charge on any atom is -0.462 e. The van der Waals surface area contributed by atoms with Crippen molar-refractivity contribution in [2.45, 2.75) is 33.2 Å². The lowest BCUT2D eigenvalue weighted by atomic mass is 10.1. The average Bonchev–Trinajstić information content (AvgIpc) is 3.06. The minimum atomic E-state index is -0.422. The number of nitrogens with one attached hydrogen (secondary N) is 1. The van der Waals surface area contributed by atoms with Gasteiger partial charge in [0, 0.05) is 4.88 Å². The Morgan fingerprint density at radius 1 is 1.30 bits per heavy atom. The van der Waals surface area contributed by atoms with Gasteiger partial charge in [0.25, 0.3) is 5.91 Å². The number of hydrogen-bond donors (Lipinski definition) is 1. The quantitative estimate of drug-likeness (QED) is 0.822. The van der Waals surface area contributed by atoms with Crippen molar-refractivity contribution in [3.05, 3.63) is 51.5 Å². The molecule has 1 atom stereocenters. The van der Waals surface area contributed by atoms with E-state index in [9.17, 15) is 9.59 Å². The number of carbonyl (C=O) groups excluding carboxylic acids is 2. The molecule has 0 saturated heterocycles. The maximum absolute atomic E-state index is 12.4. The van der Waals surface area contributed by atoms with Crippen molar-refractivity contribution in [2.75, 3.05) is 6.61 Å². The Kier molecular flexibility index (Phi) is 5.87. The van der Waals surface area contributed by atoms with Crippen LogP contribution in [0.1, 0.15) is 57.7 Å². The van der Waals surface area contributed by atoms with E-state index in [1.165, 1.54) is 0 Å². The second-order valence-corrected chi connectivity index (χ2v) is 5.98. The number of nitrogens with zero attached hydrogens (tertiary/aromatic N) is 1. The van der Waals surface area contributed by atoms with Gasteiger partial charge in [0.2, 0.25) is 0 Å². The summed E-state index contributed by atoms with van der Waals surface area (Å²) in [5.74, 6) is -0.668. The molecule has 0 spiro atoms. The number of rotatable bonds is 6. The molecular weight excluding hydrogens is 312 g/mol. The molecule has 0 bridgehead atoms. The normalized spacial score (nSPS) is 11.8. The van der Waals surface area contributed by atoms with Gasteiger partial charge in [0.05, 0.1) is 23.9 Å². The topological polar surface area (TPSA) is 68.3 Å². The van der Waals surface area contributed by atoms with Gasteiger partial charge in [-0.15, -0.1) is 11.3 Å². The lowest BCUT2D eigenvalue weighted by molar-refractivity contribution is 0.0524. The predicted octanol–water partition coefficient (Wildman–Crippen LogP) is 3.51. The number of aryl methyl sites for hydroxylation is 1. The Morgan fingerprint density at radius 2 is 2.09 bits per heavy atom. The molecule has 0 aliphatic rings. The van der Waals surface area contributed by atoms with Gasteiger partial charge in [-0.25, -0.2) is 9.78 Å². The fraction of sp³-hybridized carbons (Fsp3) is 0.353. The SMILES string of the molecule is CCOC(=O)c1ccc(C(=O)NC(CC)c2cccs2)nc1C. The Balaban J connectivity index is 2.13. The van der Waals surface area contributed by atoms with E-state index in [0.717, 1.165) is 11.3 Å². The molecule has 1 unspecified atom stereocenters. The molecule has 6 heteroatoms. The van der Waals surface area contributed by atoms with Crippen LogP contribution in [0.2, 0.25) is 0 Å². The molecule has 0 aliphatic carbocycles. The fourth-order valence-electron chi connectivity index (χ4n) is 2.21. The van der Waals surface area contributed by atoms with E-state index in [1.54, 1.807) is 37.3 Å². The molecule has 23 heavy (non-hydrogen) atoms. The average molecular weight is 332 g/mol. The summed E-state index contributed by atoms with van der Waals surface area (Å²) in [5, 5.41) is 4.97. The van der Waals surface area contributed by atoms with Gasteiger partial charge in [-0.1, -0.05) is 13.0 Å². The minimum absolute atomic E-state index is 0.0330. The first kappa shape index (κ1) is 17.1. The highest BCUT2D eigenvalue weighted by molar-refractivity contribution is 7.10. The van der Waals surface area contributed by atoms with Crippen LogP contribution in [0.25, 0.3) is 0 Å². The maximum Gasteiger partial charge on any atom is 0.339 e. The Morgan fingerprint density at radius 3 is 2.65 bits per heavy atom. The molecule has 1 N–H and O–H groups in total. The maximum atomic E-state index is 12.4. The summed E-state index contributed by atoms with van der Waals surface area (Å²) in [7, 11) is 0. The number of ether oxygens (including phenoxy) is 1. The molecule has 0 fully saturated rings. The number of aromatic nitrogens is 1. The molecule has 0 aromatic carbocycles. The summed E-state index contributed by atoms with van der Waals surface area (Å²) < 4.78 is 4.96. The number of thiophene rings is 1. The van der Waals surface area contributed by atoms with Crippen molar-refractivity contribution >= 4 is 23.2 Å². The van der Waals surface area contributed by atoms with Crippen LogP contribution in [-0.4, -0.2) is 23.5 Å². The lowest BCUT2D eigenvalue weighted by Gasteiger charge is -2.15. The van der Waals surface area contributed by atoms with Crippen LogP contribution in [-0.2, 0) is 4.74 Å². The number of hydrogen-bond acceptors (Lipinski definition) is 5. The number of esters is 1. The molecule has 5 nitrogen and oxygen atoms in total. The van der Waals surface area contributed by atoms with Crippen LogP contribution in [0.15, 0.2) is 29.6 Å². The molecule has 2 aromatic heterocycles. The van der Waals surface area contributed by atoms with Gasteiger partial charge >= 0.3 is 5.97 Å². The first-order valence-electron chi connectivity index (χ1n) is 7.55. The predicted molar refractivity (Wildman–Crippen MR) is 89.7 cm³/mol. The van der Waals surface area contributed by atoms with E-state index in [0.29, 0.717) is 23.6 Å². The summed E-state index contributed by atoms with van der Waals surface area (Å²) in [6.07, 6.45) is 0.798. The molecule has 2 rings (SSSR count). The number of carbonyl (C=O) groups is 2. The summed E-state index contributed by atoms with van der Waals surface area (Å²) in [4.78, 5) is 29.5. The molecule has 0 saturated carbocycles. The summed E-state index contributed by atoms with van der Waals surface area (Å²) in [6.45, 7) is 5.77. The molecule has 1 amide bonds. The molecule has 0 radical (unpaired) electrons. The molecular formula is C17H20N2O3S. The number of amides is 1. The van der Waals surface area contributed by atoms with Crippen LogP contribution in [0.5, 0.6) is 0 Å². The Hall–Kier alpha value is -2.21. The lowest BCUT2D eigenvalue weighted by Crippen LogP contribution is -2.28. The highest BCUT2D eigenvalue weighted by atomic mass is 32.1. The first-order chi connectivity index (χ1) is 11.1. The van der Waals surface area contributed by atoms with E-state index in [-0.39, 0.29) is 11.9 Å². The van der Waals surface area contributed by atoms with E-state index in [4.69, 9.17) is 4.74 Å². The second-order valence-electron chi connectivity index (χ2n) is 5.00. The Labute approximate surface area is 139 Å². The van der Waals surface area contributed by atoms with Crippen molar-refractivity contribution in [1.29, 1.82) is 0 Å². The zero-order chi connectivity index (χ0) is 16.8. The van der Waals surface area contributed by atoms with E-state index in [1.807, 2.05) is 24.4 Å². The number of pyridine rings is 1. The summed E-state index contributed by atoms with van der Waals surface area (Å²) in [5.41, 5.74) is 1.17. The van der Waals surface area contributed by atoms with Crippen LogP contribution in [0.4, 0.5) is 0 Å². The largest absolute Gasteiger partial charge is 0.462 e. The standard InChI is InChI=1S/C17H20N2O3S/c1-4-13(15-7-6-10-23-15)19-16(20)14-9-8-12(11(3)18-14)17(21)22-5-2/h6-10,13H,4-5H2,1-3H3,(H,19,20). The van der Waals surface area contributed by atoms with Gasteiger partial charge in [0.1, 0.15) is 5.69 Å². The zero-order valence-corrected chi connectivity index (χ0v) is 14.3. The van der Waals surface area contributed by atoms with Gasteiger partial charge in [-0.2, -0.15) is 0 Å². The van der Waals surface area contributed by atoms with Crippen molar-refractivity contribution in [3.8, 4) is 0 Å². The van der Waals surface area contributed by atoms with Gasteiger partial charge in [-0.3, -0.25) is 4.79 Å². The Bertz CT molecular complexity index is 683. The van der Waals surface area contributed by atoms with Crippen LogP contribution in [0, 0.1) is 6.92 Å². The molecule has 0 aliphatic heterocycles. The third-order valence-electron chi connectivity index (χ3n) is 3.41. The third-order valence-corrected chi connectivity index (χ3v) is 4.40. The third kappa shape index (κ3) is 4.16. The highest BCUT2D eigenvalue weighted by Crippen LogP contribution is 2.22. The van der Waals surface area contributed by atoms with Gasteiger partial charge in [0.15, 0.2) is 0 Å². The smallest absolute Gasteiger partial charge is 0.339 e. The molecule has 2 aromatic rings. The van der Waals surface area contributed by atoms with Gasteiger partial charge < -0.3 is 10.1 Å². The van der Waals surface area contributed by atoms with Crippen LogP contribution >= 0.6 is 11.3 Å². The van der Waals surface area contributed by atoms with Crippen molar-refractivity contribution in [1.82, 2.24) is 10.3 Å². The zero-order valence-electron chi connectivity index (χ0n) is 13.5. The first-order valence-corrected chi connectivity index (χ1v) is 8.43. The molecule has 122 valence electrons. The molecule has 2 heterocycles. The van der Waals surface area contributed by atoms with Gasteiger partial charge in [-0.05, 0) is 43.8 Å².